The molecule has 0 bridgehead atoms. The lowest BCUT2D eigenvalue weighted by molar-refractivity contribution is -0.148. The highest BCUT2D eigenvalue weighted by Crippen LogP contribution is 2.19. The van der Waals surface area contributed by atoms with Crippen molar-refractivity contribution >= 4 is 23.4 Å². The van der Waals surface area contributed by atoms with Crippen molar-refractivity contribution in [2.75, 3.05) is 0 Å². The molecule has 1 N–H and O–H groups in total. The summed E-state index contributed by atoms with van der Waals surface area (Å²) in [6.07, 6.45) is 3.14. The van der Waals surface area contributed by atoms with Crippen LogP contribution in [0.25, 0.3) is 0 Å². The molecule has 0 spiro atoms. The highest BCUT2D eigenvalue weighted by Gasteiger charge is 2.35. The molecule has 0 aromatic carbocycles. The predicted molar refractivity (Wildman–Crippen MR) is 66.9 cm³/mol. The normalized spacial score (nSPS) is 24.1. The molecule has 1 fully saturated rings. The lowest BCUT2D eigenvalue weighted by Gasteiger charge is -2.36. The summed E-state index contributed by atoms with van der Waals surface area (Å²) in [7, 11) is 0. The molecular formula is C12H14ClN3O2. The highest BCUT2D eigenvalue weighted by molar-refractivity contribution is 6.31. The van der Waals surface area contributed by atoms with Gasteiger partial charge in [0, 0.05) is 18.9 Å². The molecule has 1 aliphatic heterocycles. The number of nitrogens with zero attached hydrogens (tertiary/aromatic N) is 2. The van der Waals surface area contributed by atoms with Gasteiger partial charge in [-0.3, -0.25) is 14.6 Å². The summed E-state index contributed by atoms with van der Waals surface area (Å²) in [4.78, 5) is 29.2. The van der Waals surface area contributed by atoms with Gasteiger partial charge < -0.3 is 10.2 Å². The third-order valence-corrected chi connectivity index (χ3v) is 3.40. The van der Waals surface area contributed by atoms with Crippen molar-refractivity contribution in [2.45, 2.75) is 32.5 Å². The molecule has 18 heavy (non-hydrogen) atoms. The number of amides is 2. The maximum atomic E-state index is 12.0. The second kappa shape index (κ2) is 4.94. The van der Waals surface area contributed by atoms with Gasteiger partial charge in [0.15, 0.2) is 0 Å². The molecule has 1 aromatic heterocycles. The van der Waals surface area contributed by atoms with Gasteiger partial charge in [0.1, 0.15) is 12.1 Å². The van der Waals surface area contributed by atoms with Crippen LogP contribution in [0.5, 0.6) is 0 Å². The Kier molecular flexibility index (Phi) is 3.52. The summed E-state index contributed by atoms with van der Waals surface area (Å²) in [5.41, 5.74) is 0.786. The molecule has 2 heterocycles. The van der Waals surface area contributed by atoms with Crippen LogP contribution in [0, 0.1) is 0 Å². The Morgan fingerprint density at radius 3 is 2.83 bits per heavy atom. The van der Waals surface area contributed by atoms with Crippen LogP contribution in [0.2, 0.25) is 5.02 Å². The first kappa shape index (κ1) is 12.8. The number of pyridine rings is 1. The number of carbonyl (C=O) groups is 2. The average molecular weight is 268 g/mol. The molecule has 96 valence electrons. The van der Waals surface area contributed by atoms with Gasteiger partial charge in [-0.05, 0) is 25.5 Å². The minimum absolute atomic E-state index is 0.102. The lowest BCUT2D eigenvalue weighted by atomic mass is 10.1. The zero-order valence-corrected chi connectivity index (χ0v) is 10.9. The molecule has 1 aliphatic rings. The number of aromatic nitrogens is 1. The first-order valence-corrected chi connectivity index (χ1v) is 6.07. The van der Waals surface area contributed by atoms with Gasteiger partial charge in [-0.25, -0.2) is 0 Å². The van der Waals surface area contributed by atoms with Crippen LogP contribution in [0.3, 0.4) is 0 Å². The number of rotatable bonds is 2. The summed E-state index contributed by atoms with van der Waals surface area (Å²) in [5, 5.41) is 3.13. The van der Waals surface area contributed by atoms with Crippen LogP contribution in [-0.4, -0.2) is 33.8 Å². The minimum atomic E-state index is -0.491. The van der Waals surface area contributed by atoms with E-state index in [0.717, 1.165) is 5.56 Å². The first-order chi connectivity index (χ1) is 8.50. The monoisotopic (exact) mass is 267 g/mol. The Balaban J connectivity index is 2.23. The number of piperazine rings is 1. The first-order valence-electron chi connectivity index (χ1n) is 5.70. The van der Waals surface area contributed by atoms with E-state index in [1.54, 1.807) is 26.1 Å². The van der Waals surface area contributed by atoms with Gasteiger partial charge in [0.2, 0.25) is 11.8 Å². The zero-order valence-electron chi connectivity index (χ0n) is 10.2. The third-order valence-electron chi connectivity index (χ3n) is 3.06. The molecule has 2 atom stereocenters. The average Bonchev–Trinajstić information content (AvgIpc) is 2.34. The molecule has 5 nitrogen and oxygen atoms in total. The topological polar surface area (TPSA) is 62.3 Å². The van der Waals surface area contributed by atoms with E-state index in [9.17, 15) is 9.59 Å². The third kappa shape index (κ3) is 2.31. The second-order valence-electron chi connectivity index (χ2n) is 4.34. The number of hydrogen-bond acceptors (Lipinski definition) is 3. The summed E-state index contributed by atoms with van der Waals surface area (Å²) in [6.45, 7) is 3.70. The predicted octanol–water partition coefficient (Wildman–Crippen LogP) is 0.970. The van der Waals surface area contributed by atoms with Gasteiger partial charge >= 0.3 is 0 Å². The van der Waals surface area contributed by atoms with E-state index in [1.807, 2.05) is 0 Å². The number of carbonyl (C=O) groups excluding carboxylic acids is 2. The van der Waals surface area contributed by atoms with E-state index in [2.05, 4.69) is 10.3 Å². The molecule has 2 unspecified atom stereocenters. The van der Waals surface area contributed by atoms with Crippen molar-refractivity contribution in [3.05, 3.63) is 29.0 Å². The van der Waals surface area contributed by atoms with Gasteiger partial charge in [-0.1, -0.05) is 11.6 Å². The number of halogens is 1. The summed E-state index contributed by atoms with van der Waals surface area (Å²) >= 11 is 6.01. The van der Waals surface area contributed by atoms with Crippen LogP contribution < -0.4 is 5.32 Å². The van der Waals surface area contributed by atoms with E-state index in [1.165, 1.54) is 11.1 Å². The molecular weight excluding hydrogens is 254 g/mol. The quantitative estimate of drug-likeness (QED) is 0.869. The van der Waals surface area contributed by atoms with Gasteiger partial charge in [-0.15, -0.1) is 0 Å². The Morgan fingerprint density at radius 2 is 2.17 bits per heavy atom. The molecule has 1 saturated heterocycles. The van der Waals surface area contributed by atoms with E-state index in [-0.39, 0.29) is 11.8 Å². The van der Waals surface area contributed by atoms with Crippen molar-refractivity contribution in [3.63, 3.8) is 0 Å². The van der Waals surface area contributed by atoms with Crippen molar-refractivity contribution < 1.29 is 9.59 Å². The molecule has 1 aromatic rings. The van der Waals surface area contributed by atoms with E-state index < -0.39 is 12.1 Å². The van der Waals surface area contributed by atoms with Crippen LogP contribution in [0.4, 0.5) is 0 Å². The molecule has 2 rings (SSSR count). The van der Waals surface area contributed by atoms with Gasteiger partial charge in [0.05, 0.1) is 5.02 Å². The van der Waals surface area contributed by atoms with Gasteiger partial charge in [-0.2, -0.15) is 0 Å². The SMILES string of the molecule is CC1NC(=O)C(C)N(Cc2ccncc2Cl)C1=O. The summed E-state index contributed by atoms with van der Waals surface area (Å²) in [6, 6.07) is 0.770. The van der Waals surface area contributed by atoms with Crippen molar-refractivity contribution in [1.29, 1.82) is 0 Å². The van der Waals surface area contributed by atoms with Crippen molar-refractivity contribution in [2.24, 2.45) is 0 Å². The van der Waals surface area contributed by atoms with E-state index in [0.29, 0.717) is 11.6 Å². The molecule has 6 heteroatoms. The summed E-state index contributed by atoms with van der Waals surface area (Å²) in [5.74, 6) is -0.248. The summed E-state index contributed by atoms with van der Waals surface area (Å²) < 4.78 is 0. The molecule has 0 radical (unpaired) electrons. The minimum Gasteiger partial charge on any atom is -0.343 e. The molecule has 2 amide bonds. The Labute approximate surface area is 110 Å². The maximum Gasteiger partial charge on any atom is 0.245 e. The van der Waals surface area contributed by atoms with Crippen LogP contribution in [0.1, 0.15) is 19.4 Å². The zero-order chi connectivity index (χ0) is 13.3. The largest absolute Gasteiger partial charge is 0.343 e. The maximum absolute atomic E-state index is 12.0. The molecule has 0 aliphatic carbocycles. The van der Waals surface area contributed by atoms with Crippen molar-refractivity contribution in [3.8, 4) is 0 Å². The van der Waals surface area contributed by atoms with Crippen LogP contribution >= 0.6 is 11.6 Å². The van der Waals surface area contributed by atoms with E-state index in [4.69, 9.17) is 11.6 Å². The fourth-order valence-electron chi connectivity index (χ4n) is 1.91. The Bertz CT molecular complexity index is 492. The van der Waals surface area contributed by atoms with Crippen LogP contribution in [0.15, 0.2) is 18.5 Å². The Morgan fingerprint density at radius 1 is 1.44 bits per heavy atom. The smallest absolute Gasteiger partial charge is 0.245 e. The lowest BCUT2D eigenvalue weighted by Crippen LogP contribution is -2.60. The van der Waals surface area contributed by atoms with Gasteiger partial charge in [0.25, 0.3) is 0 Å². The Hall–Kier alpha value is -1.62. The fourth-order valence-corrected chi connectivity index (χ4v) is 2.09. The van der Waals surface area contributed by atoms with E-state index >= 15 is 0 Å². The number of hydrogen-bond donors (Lipinski definition) is 1. The highest BCUT2D eigenvalue weighted by atomic mass is 35.5. The second-order valence-corrected chi connectivity index (χ2v) is 4.75. The fraction of sp³-hybridized carbons (Fsp3) is 0.417. The molecule has 0 saturated carbocycles. The van der Waals surface area contributed by atoms with Crippen LogP contribution in [-0.2, 0) is 16.1 Å². The van der Waals surface area contributed by atoms with Crippen molar-refractivity contribution in [1.82, 2.24) is 15.2 Å². The standard InChI is InChI=1S/C12H14ClN3O2/c1-7-12(18)16(8(2)11(17)15-7)6-9-3-4-14-5-10(9)13/h3-5,7-8H,6H2,1-2H3,(H,15,17). The number of nitrogens with one attached hydrogen (secondary N) is 1.